The molecule has 2 aromatic heterocycles. The van der Waals surface area contributed by atoms with Crippen molar-refractivity contribution in [2.45, 2.75) is 64.1 Å². The molecule has 0 spiro atoms. The van der Waals surface area contributed by atoms with Crippen LogP contribution in [-0.2, 0) is 11.3 Å². The van der Waals surface area contributed by atoms with Gasteiger partial charge in [-0.3, -0.25) is 14.6 Å². The predicted octanol–water partition coefficient (Wildman–Crippen LogP) is 5.94. The lowest BCUT2D eigenvalue weighted by atomic mass is 9.92. The molecule has 2 aliphatic rings. The summed E-state index contributed by atoms with van der Waals surface area (Å²) < 4.78 is 24.9. The lowest BCUT2D eigenvalue weighted by molar-refractivity contribution is 0.0611. The number of hydrogen-bond donors (Lipinski definition) is 1. The van der Waals surface area contributed by atoms with Gasteiger partial charge in [-0.05, 0) is 69.1 Å². The zero-order valence-electron chi connectivity index (χ0n) is 26.2. The normalized spacial score (nSPS) is 18.8. The number of amides is 1. The van der Waals surface area contributed by atoms with Gasteiger partial charge in [0, 0.05) is 61.4 Å². The van der Waals surface area contributed by atoms with Gasteiger partial charge in [0.1, 0.15) is 11.3 Å². The maximum absolute atomic E-state index is 13.7. The lowest BCUT2D eigenvalue weighted by Crippen LogP contribution is -2.41. The van der Waals surface area contributed by atoms with E-state index in [9.17, 15) is 9.59 Å². The number of ether oxygens (including phenoxy) is 4. The monoisotopic (exact) mass is 611 g/mol. The molecule has 45 heavy (non-hydrogen) atoms. The van der Waals surface area contributed by atoms with E-state index < -0.39 is 0 Å². The van der Waals surface area contributed by atoms with Crippen LogP contribution in [0, 0.1) is 12.8 Å². The summed E-state index contributed by atoms with van der Waals surface area (Å²) in [6, 6.07) is 13.5. The zero-order chi connectivity index (χ0) is 31.3. The molecule has 0 bridgehead atoms. The van der Waals surface area contributed by atoms with Gasteiger partial charge >= 0.3 is 0 Å². The number of rotatable bonds is 9. The maximum Gasteiger partial charge on any atom is 0.256 e. The first-order valence-electron chi connectivity index (χ1n) is 15.8. The first kappa shape index (κ1) is 30.6. The number of benzene rings is 2. The van der Waals surface area contributed by atoms with Gasteiger partial charge in [-0.2, -0.15) is 0 Å². The van der Waals surface area contributed by atoms with Crippen LogP contribution in [0.4, 0.5) is 0 Å². The predicted molar refractivity (Wildman–Crippen MR) is 173 cm³/mol. The summed E-state index contributed by atoms with van der Waals surface area (Å²) in [6.07, 6.45) is 10.4. The zero-order valence-corrected chi connectivity index (χ0v) is 26.2. The fourth-order valence-electron chi connectivity index (χ4n) is 6.38. The van der Waals surface area contributed by atoms with Gasteiger partial charge in [0.2, 0.25) is 5.43 Å². The van der Waals surface area contributed by atoms with Crippen LogP contribution in [0.15, 0.2) is 65.8 Å². The number of hydrogen-bond acceptors (Lipinski definition) is 7. The minimum absolute atomic E-state index is 0.00147. The third-order valence-electron chi connectivity index (χ3n) is 9.01. The Labute approximate surface area is 263 Å². The van der Waals surface area contributed by atoms with Crippen molar-refractivity contribution in [3.8, 4) is 28.4 Å². The molecule has 9 nitrogen and oxygen atoms in total. The van der Waals surface area contributed by atoms with Gasteiger partial charge in [-0.25, -0.2) is 0 Å². The number of pyridine rings is 2. The second-order valence-electron chi connectivity index (χ2n) is 12.1. The quantitative estimate of drug-likeness (QED) is 0.250. The average Bonchev–Trinajstić information content (AvgIpc) is 3.06. The van der Waals surface area contributed by atoms with Gasteiger partial charge < -0.3 is 28.8 Å². The molecule has 1 saturated heterocycles. The summed E-state index contributed by atoms with van der Waals surface area (Å²) in [4.78, 5) is 31.8. The molecule has 2 fully saturated rings. The third-order valence-corrected chi connectivity index (χ3v) is 9.01. The number of aromatic nitrogens is 2. The molecule has 236 valence electrons. The maximum atomic E-state index is 13.7. The standard InChI is InChI=1S/C36H41N3O6/c1-23-4-6-25(7-5-23)29-21-39(20-24-13-16-44-17-14-24)22-30(35(29)40)36(41)38-26-8-10-27(11-9-26)45-32-12-15-37-31-19-34(43-3)33(42-2)18-28(31)32/h4-7,12,15,18-19,21-22,24,26-27H,8-11,13-14,16-17,20H2,1-3H3,(H,38,41)/t26-,27-. The molecule has 1 aliphatic carbocycles. The van der Waals surface area contributed by atoms with E-state index in [2.05, 4.69) is 10.3 Å². The third kappa shape index (κ3) is 6.99. The Hall–Kier alpha value is -4.37. The number of carbonyl (C=O) groups excluding carboxylic acids is 1. The summed E-state index contributed by atoms with van der Waals surface area (Å²) in [5.41, 5.74) is 3.19. The largest absolute Gasteiger partial charge is 0.493 e. The number of nitrogens with one attached hydrogen (secondary N) is 1. The molecule has 0 radical (unpaired) electrons. The smallest absolute Gasteiger partial charge is 0.256 e. The molecule has 1 amide bonds. The molecule has 2 aromatic carbocycles. The fraction of sp³-hybridized carbons (Fsp3) is 0.417. The van der Waals surface area contributed by atoms with Crippen molar-refractivity contribution in [2.24, 2.45) is 5.92 Å². The van der Waals surface area contributed by atoms with Crippen molar-refractivity contribution in [1.82, 2.24) is 14.9 Å². The molecule has 1 N–H and O–H groups in total. The Morgan fingerprint density at radius 3 is 2.36 bits per heavy atom. The van der Waals surface area contributed by atoms with Gasteiger partial charge in [0.25, 0.3) is 5.91 Å². The van der Waals surface area contributed by atoms with Gasteiger partial charge in [0.05, 0.1) is 25.8 Å². The molecule has 1 saturated carbocycles. The van der Waals surface area contributed by atoms with Crippen molar-refractivity contribution < 1.29 is 23.7 Å². The van der Waals surface area contributed by atoms with Crippen LogP contribution in [-0.4, -0.2) is 55.0 Å². The molecular formula is C36H41N3O6. The first-order chi connectivity index (χ1) is 21.9. The van der Waals surface area contributed by atoms with Crippen LogP contribution in [0.3, 0.4) is 0 Å². The summed E-state index contributed by atoms with van der Waals surface area (Å²) in [5, 5.41) is 4.03. The van der Waals surface area contributed by atoms with E-state index in [0.29, 0.717) is 23.0 Å². The summed E-state index contributed by atoms with van der Waals surface area (Å²) in [5.74, 6) is 2.10. The van der Waals surface area contributed by atoms with Crippen molar-refractivity contribution in [2.75, 3.05) is 27.4 Å². The van der Waals surface area contributed by atoms with Crippen LogP contribution in [0.1, 0.15) is 54.4 Å². The average molecular weight is 612 g/mol. The van der Waals surface area contributed by atoms with Gasteiger partial charge in [-0.15, -0.1) is 0 Å². The Balaban J connectivity index is 1.15. The highest BCUT2D eigenvalue weighted by Gasteiger charge is 2.26. The highest BCUT2D eigenvalue weighted by Crippen LogP contribution is 2.36. The van der Waals surface area contributed by atoms with Crippen LogP contribution < -0.4 is 25.0 Å². The highest BCUT2D eigenvalue weighted by atomic mass is 16.5. The number of nitrogens with zero attached hydrogens (tertiary/aromatic N) is 2. The number of carbonyl (C=O) groups is 1. The van der Waals surface area contributed by atoms with Crippen molar-refractivity contribution in [3.63, 3.8) is 0 Å². The molecule has 0 atom stereocenters. The minimum Gasteiger partial charge on any atom is -0.493 e. The van der Waals surface area contributed by atoms with E-state index in [1.165, 1.54) is 0 Å². The summed E-state index contributed by atoms with van der Waals surface area (Å²) >= 11 is 0. The fourth-order valence-corrected chi connectivity index (χ4v) is 6.38. The molecule has 3 heterocycles. The molecule has 0 unspecified atom stereocenters. The van der Waals surface area contributed by atoms with Crippen molar-refractivity contribution in [3.05, 3.63) is 82.4 Å². The lowest BCUT2D eigenvalue weighted by Gasteiger charge is -2.30. The molecule has 1 aliphatic heterocycles. The van der Waals surface area contributed by atoms with Crippen molar-refractivity contribution in [1.29, 1.82) is 0 Å². The van der Waals surface area contributed by atoms with E-state index >= 15 is 0 Å². The number of methoxy groups -OCH3 is 2. The minimum atomic E-state index is -0.319. The summed E-state index contributed by atoms with van der Waals surface area (Å²) in [7, 11) is 3.21. The van der Waals surface area contributed by atoms with E-state index in [1.54, 1.807) is 26.6 Å². The van der Waals surface area contributed by atoms with Gasteiger partial charge in [0.15, 0.2) is 11.5 Å². The van der Waals surface area contributed by atoms with Crippen molar-refractivity contribution >= 4 is 16.8 Å². The molecule has 6 rings (SSSR count). The second-order valence-corrected chi connectivity index (χ2v) is 12.1. The van der Waals surface area contributed by atoms with Crippen LogP contribution in [0.2, 0.25) is 0 Å². The molecular weight excluding hydrogens is 570 g/mol. The number of aryl methyl sites for hydroxylation is 1. The second kappa shape index (κ2) is 13.7. The Morgan fingerprint density at radius 2 is 1.64 bits per heavy atom. The Morgan fingerprint density at radius 1 is 0.933 bits per heavy atom. The summed E-state index contributed by atoms with van der Waals surface area (Å²) in [6.45, 7) is 4.25. The van der Waals surface area contributed by atoms with Crippen LogP contribution in [0.5, 0.6) is 17.2 Å². The first-order valence-corrected chi connectivity index (χ1v) is 15.8. The topological polar surface area (TPSA) is 101 Å². The Kier molecular flexibility index (Phi) is 9.35. The van der Waals surface area contributed by atoms with E-state index in [4.69, 9.17) is 18.9 Å². The SMILES string of the molecule is COc1cc2nccc(O[C@H]3CC[C@H](NC(=O)c4cn(CC5CCOCC5)cc(-c5ccc(C)cc5)c4=O)CC3)c2cc1OC. The van der Waals surface area contributed by atoms with Crippen LogP contribution >= 0.6 is 0 Å². The van der Waals surface area contributed by atoms with Crippen LogP contribution in [0.25, 0.3) is 22.0 Å². The number of fused-ring (bicyclic) bond motifs is 1. The molecule has 9 heteroatoms. The highest BCUT2D eigenvalue weighted by molar-refractivity contribution is 5.95. The molecule has 4 aromatic rings. The Bertz CT molecular complexity index is 1700. The van der Waals surface area contributed by atoms with E-state index in [1.807, 2.05) is 60.2 Å². The van der Waals surface area contributed by atoms with Gasteiger partial charge in [-0.1, -0.05) is 29.8 Å². The van der Waals surface area contributed by atoms with E-state index in [-0.39, 0.29) is 29.0 Å². The van der Waals surface area contributed by atoms with E-state index in [0.717, 1.165) is 86.1 Å².